The molecule has 0 spiro atoms. The highest BCUT2D eigenvalue weighted by Crippen LogP contribution is 2.32. The van der Waals surface area contributed by atoms with Crippen molar-refractivity contribution in [2.75, 3.05) is 13.2 Å². The van der Waals surface area contributed by atoms with Gasteiger partial charge in [-0.25, -0.2) is 19.1 Å². The van der Waals surface area contributed by atoms with Gasteiger partial charge >= 0.3 is 11.8 Å². The molecule has 0 saturated carbocycles. The summed E-state index contributed by atoms with van der Waals surface area (Å²) in [7, 11) is 0. The van der Waals surface area contributed by atoms with Gasteiger partial charge in [0.25, 0.3) is 0 Å². The van der Waals surface area contributed by atoms with Gasteiger partial charge in [-0.05, 0) is 43.5 Å². The summed E-state index contributed by atoms with van der Waals surface area (Å²) in [6.45, 7) is 3.07. The first-order valence-corrected chi connectivity index (χ1v) is 9.79. The van der Waals surface area contributed by atoms with Crippen LogP contribution in [-0.2, 0) is 4.74 Å². The van der Waals surface area contributed by atoms with E-state index in [1.165, 1.54) is 4.40 Å². The Balaban J connectivity index is 1.79. The first-order chi connectivity index (χ1) is 13.7. The third-order valence-electron chi connectivity index (χ3n) is 5.11. The van der Waals surface area contributed by atoms with Crippen molar-refractivity contribution < 1.29 is 9.53 Å². The number of hydrogen-bond donors (Lipinski definition) is 0. The lowest BCUT2D eigenvalue weighted by atomic mass is 10.2. The number of aromatic nitrogens is 3. The number of carbonyl (C=O) groups excluding carboxylic acids is 1. The van der Waals surface area contributed by atoms with Gasteiger partial charge in [-0.15, -0.1) is 0 Å². The molecule has 1 atom stereocenters. The number of para-hydroxylation sites is 1. The molecule has 7 nitrogen and oxygen atoms in total. The third-order valence-corrected chi connectivity index (χ3v) is 5.11. The van der Waals surface area contributed by atoms with Gasteiger partial charge in [0.1, 0.15) is 11.5 Å². The fourth-order valence-electron chi connectivity index (χ4n) is 3.68. The van der Waals surface area contributed by atoms with Crippen molar-refractivity contribution in [3.8, 4) is 5.69 Å². The van der Waals surface area contributed by atoms with E-state index in [1.807, 2.05) is 30.3 Å². The normalized spacial score (nSPS) is 16.6. The summed E-state index contributed by atoms with van der Waals surface area (Å²) in [6, 6.07) is 12.7. The summed E-state index contributed by atoms with van der Waals surface area (Å²) in [6.07, 6.45) is 4.78. The largest absolute Gasteiger partial charge is 0.449 e. The average molecular weight is 380 g/mol. The molecule has 2 aromatic heterocycles. The molecule has 1 unspecified atom stereocenters. The van der Waals surface area contributed by atoms with E-state index in [4.69, 9.17) is 9.72 Å². The molecule has 3 heterocycles. The summed E-state index contributed by atoms with van der Waals surface area (Å²) < 4.78 is 8.56. The second kappa shape index (κ2) is 7.88. The van der Waals surface area contributed by atoms with Gasteiger partial charge in [0.2, 0.25) is 0 Å². The standard InChI is InChI=1S/C21H24N4O3/c1-2-3-15-28-21(27)23-13-7-11-17(23)19-22-18-12-8-14-24(18)20(26)25(19)16-9-5-4-6-10-16/h4-6,8-10,12,14,17H,2-3,7,11,13,15H2,1H3. The van der Waals surface area contributed by atoms with E-state index in [2.05, 4.69) is 6.92 Å². The zero-order valence-corrected chi connectivity index (χ0v) is 16.0. The van der Waals surface area contributed by atoms with Crippen molar-refractivity contribution in [1.82, 2.24) is 18.9 Å². The van der Waals surface area contributed by atoms with Crippen LogP contribution in [0.15, 0.2) is 53.5 Å². The highest BCUT2D eigenvalue weighted by molar-refractivity contribution is 5.68. The first kappa shape index (κ1) is 18.3. The maximum atomic E-state index is 13.2. The number of fused-ring (bicyclic) bond motifs is 1. The van der Waals surface area contributed by atoms with Crippen LogP contribution in [0, 0.1) is 0 Å². The molecule has 1 aromatic carbocycles. The number of benzene rings is 1. The summed E-state index contributed by atoms with van der Waals surface area (Å²) in [5.74, 6) is 0.576. The molecule has 0 N–H and O–H groups in total. The Morgan fingerprint density at radius 2 is 2.04 bits per heavy atom. The van der Waals surface area contributed by atoms with Crippen LogP contribution in [0.25, 0.3) is 11.3 Å². The minimum absolute atomic E-state index is 0.192. The van der Waals surface area contributed by atoms with Crippen LogP contribution < -0.4 is 5.69 Å². The number of hydrogen-bond acceptors (Lipinski definition) is 4. The number of carbonyl (C=O) groups is 1. The van der Waals surface area contributed by atoms with E-state index in [9.17, 15) is 9.59 Å². The van der Waals surface area contributed by atoms with Gasteiger partial charge in [0.15, 0.2) is 0 Å². The Kier molecular flexibility index (Phi) is 5.14. The number of amides is 1. The second-order valence-electron chi connectivity index (χ2n) is 6.98. The molecule has 146 valence electrons. The third kappa shape index (κ3) is 3.28. The summed E-state index contributed by atoms with van der Waals surface area (Å²) in [4.78, 5) is 32.3. The number of ether oxygens (including phenoxy) is 1. The van der Waals surface area contributed by atoms with Crippen molar-refractivity contribution in [1.29, 1.82) is 0 Å². The molecular formula is C21H24N4O3. The lowest BCUT2D eigenvalue weighted by Crippen LogP contribution is -2.37. The van der Waals surface area contributed by atoms with Gasteiger partial charge < -0.3 is 4.74 Å². The van der Waals surface area contributed by atoms with E-state index < -0.39 is 0 Å². The van der Waals surface area contributed by atoms with E-state index in [-0.39, 0.29) is 17.8 Å². The topological polar surface area (TPSA) is 68.8 Å². The van der Waals surface area contributed by atoms with Crippen LogP contribution in [0.1, 0.15) is 44.5 Å². The van der Waals surface area contributed by atoms with Crippen molar-refractivity contribution in [2.45, 2.75) is 38.6 Å². The SMILES string of the molecule is CCCCOC(=O)N1CCCC1c1nc2cccn2c(=O)n1-c1ccccc1. The van der Waals surface area contributed by atoms with Crippen molar-refractivity contribution in [3.63, 3.8) is 0 Å². The number of rotatable bonds is 5. The zero-order valence-electron chi connectivity index (χ0n) is 16.0. The highest BCUT2D eigenvalue weighted by Gasteiger charge is 2.35. The van der Waals surface area contributed by atoms with E-state index in [0.29, 0.717) is 24.6 Å². The molecule has 3 aromatic rings. The predicted molar refractivity (Wildman–Crippen MR) is 106 cm³/mol. The smallest absolute Gasteiger partial charge is 0.410 e. The Morgan fingerprint density at radius 1 is 1.21 bits per heavy atom. The molecule has 1 fully saturated rings. The summed E-state index contributed by atoms with van der Waals surface area (Å²) in [5.41, 5.74) is 1.12. The fraction of sp³-hybridized carbons (Fsp3) is 0.381. The number of likely N-dealkylation sites (tertiary alicyclic amines) is 1. The molecule has 28 heavy (non-hydrogen) atoms. The predicted octanol–water partition coefficient (Wildman–Crippen LogP) is 3.56. The quantitative estimate of drug-likeness (QED) is 0.635. The molecule has 0 radical (unpaired) electrons. The molecule has 7 heteroatoms. The lowest BCUT2D eigenvalue weighted by molar-refractivity contribution is 0.0951. The van der Waals surface area contributed by atoms with Gasteiger partial charge in [-0.3, -0.25) is 9.30 Å². The van der Waals surface area contributed by atoms with E-state index in [0.717, 1.165) is 31.4 Å². The number of nitrogens with zero attached hydrogens (tertiary/aromatic N) is 4. The summed E-state index contributed by atoms with van der Waals surface area (Å²) >= 11 is 0. The average Bonchev–Trinajstić information content (AvgIpc) is 3.38. The van der Waals surface area contributed by atoms with Crippen molar-refractivity contribution in [2.24, 2.45) is 0 Å². The molecule has 4 rings (SSSR count). The highest BCUT2D eigenvalue weighted by atomic mass is 16.6. The minimum atomic E-state index is -0.333. The maximum absolute atomic E-state index is 13.2. The van der Waals surface area contributed by atoms with Crippen LogP contribution in [0.3, 0.4) is 0 Å². The molecule has 1 saturated heterocycles. The van der Waals surface area contributed by atoms with Gasteiger partial charge in [-0.1, -0.05) is 31.5 Å². The van der Waals surface area contributed by atoms with Gasteiger partial charge in [0.05, 0.1) is 18.3 Å². The van der Waals surface area contributed by atoms with Crippen LogP contribution >= 0.6 is 0 Å². The van der Waals surface area contributed by atoms with E-state index >= 15 is 0 Å². The molecule has 0 bridgehead atoms. The van der Waals surface area contributed by atoms with Crippen LogP contribution in [-0.4, -0.2) is 38.1 Å². The molecule has 1 amide bonds. The van der Waals surface area contributed by atoms with Crippen LogP contribution in [0.2, 0.25) is 0 Å². The molecule has 1 aliphatic heterocycles. The maximum Gasteiger partial charge on any atom is 0.410 e. The van der Waals surface area contributed by atoms with E-state index in [1.54, 1.807) is 27.8 Å². The fourth-order valence-corrected chi connectivity index (χ4v) is 3.68. The monoisotopic (exact) mass is 380 g/mol. The van der Waals surface area contributed by atoms with Crippen molar-refractivity contribution >= 4 is 11.7 Å². The minimum Gasteiger partial charge on any atom is -0.449 e. The number of unbranched alkanes of at least 4 members (excludes halogenated alkanes) is 1. The Morgan fingerprint density at radius 3 is 2.82 bits per heavy atom. The van der Waals surface area contributed by atoms with Crippen LogP contribution in [0.4, 0.5) is 4.79 Å². The Bertz CT molecular complexity index is 1030. The lowest BCUT2D eigenvalue weighted by Gasteiger charge is -2.26. The van der Waals surface area contributed by atoms with Crippen LogP contribution in [0.5, 0.6) is 0 Å². The molecule has 0 aliphatic carbocycles. The molecular weight excluding hydrogens is 356 g/mol. The Hall–Kier alpha value is -3.09. The zero-order chi connectivity index (χ0) is 19.5. The second-order valence-corrected chi connectivity index (χ2v) is 6.98. The Labute approximate surface area is 163 Å². The van der Waals surface area contributed by atoms with Crippen molar-refractivity contribution in [3.05, 3.63) is 65.0 Å². The first-order valence-electron chi connectivity index (χ1n) is 9.79. The summed E-state index contributed by atoms with van der Waals surface area (Å²) in [5, 5.41) is 0. The molecule has 1 aliphatic rings. The van der Waals surface area contributed by atoms with Gasteiger partial charge in [-0.2, -0.15) is 0 Å². The van der Waals surface area contributed by atoms with Gasteiger partial charge in [0, 0.05) is 12.7 Å².